The van der Waals surface area contributed by atoms with Crippen molar-refractivity contribution in [2.24, 2.45) is 5.41 Å². The molecule has 0 bridgehead atoms. The van der Waals surface area contributed by atoms with Crippen LogP contribution in [-0.2, 0) is 4.74 Å². The molecule has 1 N–H and O–H groups in total. The van der Waals surface area contributed by atoms with Crippen LogP contribution in [-0.4, -0.2) is 31.0 Å². The van der Waals surface area contributed by atoms with Crippen molar-refractivity contribution < 1.29 is 17.9 Å². The lowest BCUT2D eigenvalue weighted by molar-refractivity contribution is -0.136. The maximum Gasteiger partial charge on any atom is 0.389 e. The minimum Gasteiger partial charge on any atom is -0.378 e. The zero-order valence-electron chi connectivity index (χ0n) is 12.3. The van der Waals surface area contributed by atoms with Crippen molar-refractivity contribution in [1.29, 1.82) is 0 Å². The van der Waals surface area contributed by atoms with E-state index in [-0.39, 0.29) is 24.0 Å². The van der Waals surface area contributed by atoms with Gasteiger partial charge in [0.2, 0.25) is 0 Å². The molecule has 5 heteroatoms. The van der Waals surface area contributed by atoms with Crippen molar-refractivity contribution in [2.75, 3.05) is 6.61 Å². The first-order valence-corrected chi connectivity index (χ1v) is 7.11. The van der Waals surface area contributed by atoms with Crippen LogP contribution in [0, 0.1) is 5.41 Å². The molecule has 0 heterocycles. The van der Waals surface area contributed by atoms with E-state index in [1.165, 1.54) is 0 Å². The Hall–Kier alpha value is -0.290. The summed E-state index contributed by atoms with van der Waals surface area (Å²) in [4.78, 5) is 0. The number of rotatable bonds is 7. The second kappa shape index (κ2) is 6.44. The minimum atomic E-state index is -4.03. The van der Waals surface area contributed by atoms with Gasteiger partial charge in [-0.2, -0.15) is 13.2 Å². The summed E-state index contributed by atoms with van der Waals surface area (Å²) in [6.07, 6.45) is -2.75. The first kappa shape index (κ1) is 16.8. The number of ether oxygens (including phenoxy) is 1. The van der Waals surface area contributed by atoms with Gasteiger partial charge in [-0.25, -0.2) is 0 Å². The van der Waals surface area contributed by atoms with E-state index in [9.17, 15) is 13.2 Å². The number of halogens is 3. The molecule has 0 spiro atoms. The van der Waals surface area contributed by atoms with Gasteiger partial charge in [-0.3, -0.25) is 0 Å². The average molecular weight is 281 g/mol. The summed E-state index contributed by atoms with van der Waals surface area (Å²) in [6.45, 7) is 8.95. The molecule has 1 fully saturated rings. The van der Waals surface area contributed by atoms with E-state index in [2.05, 4.69) is 19.2 Å². The van der Waals surface area contributed by atoms with Crippen LogP contribution in [0.1, 0.15) is 53.4 Å². The molecular formula is C14H26F3NO. The Kier molecular flexibility index (Phi) is 5.68. The van der Waals surface area contributed by atoms with Crippen LogP contribution in [0.5, 0.6) is 0 Å². The Morgan fingerprint density at radius 3 is 2.47 bits per heavy atom. The quantitative estimate of drug-likeness (QED) is 0.764. The topological polar surface area (TPSA) is 21.3 Å². The van der Waals surface area contributed by atoms with Crippen molar-refractivity contribution in [3.8, 4) is 0 Å². The zero-order valence-corrected chi connectivity index (χ0v) is 12.3. The molecule has 0 radical (unpaired) electrons. The predicted octanol–water partition coefficient (Wildman–Crippen LogP) is 3.90. The van der Waals surface area contributed by atoms with E-state index in [1.807, 2.05) is 13.8 Å². The monoisotopic (exact) mass is 281 g/mol. The standard InChI is InChI=1S/C14H26F3NO/c1-5-19-12-9-11(13(12,3)4)18-10(2)7-6-8-14(15,16)17/h10-12,18H,5-9H2,1-4H3. The number of alkyl halides is 3. The van der Waals surface area contributed by atoms with E-state index >= 15 is 0 Å². The molecule has 0 aromatic heterocycles. The molecule has 0 aromatic carbocycles. The van der Waals surface area contributed by atoms with Gasteiger partial charge in [0.05, 0.1) is 6.10 Å². The fourth-order valence-electron chi connectivity index (χ4n) is 2.69. The molecule has 0 saturated heterocycles. The molecule has 19 heavy (non-hydrogen) atoms. The maximum atomic E-state index is 12.1. The summed E-state index contributed by atoms with van der Waals surface area (Å²) in [7, 11) is 0. The SMILES string of the molecule is CCOC1CC(NC(C)CCCC(F)(F)F)C1(C)C. The highest BCUT2D eigenvalue weighted by Gasteiger charge is 2.48. The summed E-state index contributed by atoms with van der Waals surface area (Å²) in [5.74, 6) is 0. The molecule has 1 aliphatic carbocycles. The van der Waals surface area contributed by atoms with Crippen LogP contribution in [0.25, 0.3) is 0 Å². The van der Waals surface area contributed by atoms with Crippen LogP contribution in [0.4, 0.5) is 13.2 Å². The average Bonchev–Trinajstić information content (AvgIpc) is 2.26. The van der Waals surface area contributed by atoms with Gasteiger partial charge in [0, 0.05) is 30.5 Å². The van der Waals surface area contributed by atoms with Crippen molar-refractivity contribution in [3.63, 3.8) is 0 Å². The summed E-state index contributed by atoms with van der Waals surface area (Å²) in [6, 6.07) is 0.458. The Morgan fingerprint density at radius 2 is 2.00 bits per heavy atom. The van der Waals surface area contributed by atoms with Gasteiger partial charge in [-0.1, -0.05) is 13.8 Å². The Balaban J connectivity index is 2.25. The van der Waals surface area contributed by atoms with Crippen LogP contribution in [0.2, 0.25) is 0 Å². The molecule has 0 aromatic rings. The van der Waals surface area contributed by atoms with Gasteiger partial charge >= 0.3 is 6.18 Å². The van der Waals surface area contributed by atoms with Gasteiger partial charge in [-0.15, -0.1) is 0 Å². The van der Waals surface area contributed by atoms with Crippen LogP contribution in [0.3, 0.4) is 0 Å². The number of nitrogens with one attached hydrogen (secondary N) is 1. The number of hydrogen-bond donors (Lipinski definition) is 1. The van der Waals surface area contributed by atoms with E-state index in [4.69, 9.17) is 4.74 Å². The van der Waals surface area contributed by atoms with Crippen molar-refractivity contribution in [3.05, 3.63) is 0 Å². The summed E-state index contributed by atoms with van der Waals surface area (Å²) in [5, 5.41) is 3.43. The molecule has 0 amide bonds. The lowest BCUT2D eigenvalue weighted by Crippen LogP contribution is -2.62. The van der Waals surface area contributed by atoms with Gasteiger partial charge in [0.25, 0.3) is 0 Å². The fourth-order valence-corrected chi connectivity index (χ4v) is 2.69. The van der Waals surface area contributed by atoms with Crippen LogP contribution in [0.15, 0.2) is 0 Å². The first-order valence-electron chi connectivity index (χ1n) is 7.11. The second-order valence-corrected chi connectivity index (χ2v) is 6.13. The Labute approximate surface area is 114 Å². The largest absolute Gasteiger partial charge is 0.389 e. The highest BCUT2D eigenvalue weighted by atomic mass is 19.4. The molecule has 1 saturated carbocycles. The van der Waals surface area contributed by atoms with E-state index < -0.39 is 12.6 Å². The lowest BCUT2D eigenvalue weighted by Gasteiger charge is -2.52. The number of hydrogen-bond acceptors (Lipinski definition) is 2. The van der Waals surface area contributed by atoms with Crippen molar-refractivity contribution in [2.45, 2.75) is 77.7 Å². The Morgan fingerprint density at radius 1 is 1.37 bits per heavy atom. The zero-order chi connectivity index (χ0) is 14.7. The molecule has 3 atom stereocenters. The first-order chi connectivity index (χ1) is 8.66. The summed E-state index contributed by atoms with van der Waals surface area (Å²) >= 11 is 0. The van der Waals surface area contributed by atoms with Crippen molar-refractivity contribution >= 4 is 0 Å². The summed E-state index contributed by atoms with van der Waals surface area (Å²) < 4.78 is 41.8. The summed E-state index contributed by atoms with van der Waals surface area (Å²) in [5.41, 5.74) is 0.0638. The third kappa shape index (κ3) is 4.95. The van der Waals surface area contributed by atoms with Crippen molar-refractivity contribution in [1.82, 2.24) is 5.32 Å². The molecule has 1 aliphatic rings. The van der Waals surface area contributed by atoms with Crippen LogP contribution >= 0.6 is 0 Å². The van der Waals surface area contributed by atoms with Crippen LogP contribution < -0.4 is 5.32 Å². The van der Waals surface area contributed by atoms with E-state index in [1.54, 1.807) is 0 Å². The molecular weight excluding hydrogens is 255 g/mol. The normalized spacial score (nSPS) is 27.9. The molecule has 3 unspecified atom stereocenters. The van der Waals surface area contributed by atoms with Gasteiger partial charge in [0.1, 0.15) is 0 Å². The van der Waals surface area contributed by atoms with E-state index in [0.717, 1.165) is 6.42 Å². The highest BCUT2D eigenvalue weighted by Crippen LogP contribution is 2.43. The maximum absolute atomic E-state index is 12.1. The van der Waals surface area contributed by atoms with E-state index in [0.29, 0.717) is 19.1 Å². The smallest absolute Gasteiger partial charge is 0.378 e. The minimum absolute atomic E-state index is 0.0638. The third-order valence-corrected chi connectivity index (χ3v) is 4.13. The molecule has 114 valence electrons. The van der Waals surface area contributed by atoms with Gasteiger partial charge in [0.15, 0.2) is 0 Å². The molecule has 2 nitrogen and oxygen atoms in total. The Bertz CT molecular complexity index is 278. The second-order valence-electron chi connectivity index (χ2n) is 6.13. The molecule has 1 rings (SSSR count). The third-order valence-electron chi connectivity index (χ3n) is 4.13. The predicted molar refractivity (Wildman–Crippen MR) is 70.1 cm³/mol. The van der Waals surface area contributed by atoms with Gasteiger partial charge < -0.3 is 10.1 Å². The molecule has 0 aliphatic heterocycles. The highest BCUT2D eigenvalue weighted by molar-refractivity contribution is 5.03. The lowest BCUT2D eigenvalue weighted by atomic mass is 9.64. The van der Waals surface area contributed by atoms with Gasteiger partial charge in [-0.05, 0) is 33.1 Å². The fraction of sp³-hybridized carbons (Fsp3) is 1.00.